The summed E-state index contributed by atoms with van der Waals surface area (Å²) in [6.07, 6.45) is 6.08. The molecule has 0 spiro atoms. The molecule has 0 aromatic heterocycles. The highest BCUT2D eigenvalue weighted by Crippen LogP contribution is 2.21. The minimum atomic E-state index is -0.00639. The second kappa shape index (κ2) is 2.62. The summed E-state index contributed by atoms with van der Waals surface area (Å²) in [5.41, 5.74) is 0. The fraction of sp³-hybridized carbons (Fsp3) is 0.333. The average Bonchev–Trinajstić information content (AvgIpc) is 1.77. The van der Waals surface area contributed by atoms with Crippen LogP contribution in [-0.4, -0.2) is 3.92 Å². The van der Waals surface area contributed by atoms with Crippen LogP contribution < -0.4 is 0 Å². The third kappa shape index (κ3) is 1.31. The van der Waals surface area contributed by atoms with Crippen LogP contribution in [0.4, 0.5) is 4.39 Å². The molecule has 0 saturated heterocycles. The van der Waals surface area contributed by atoms with Crippen molar-refractivity contribution in [2.24, 2.45) is 0 Å². The molecule has 2 heteroatoms. The van der Waals surface area contributed by atoms with Gasteiger partial charge in [-0.2, -0.15) is 0 Å². The molecule has 1 rings (SSSR count). The van der Waals surface area contributed by atoms with Gasteiger partial charge in [-0.1, -0.05) is 34.7 Å². The first kappa shape index (κ1) is 6.26. The topological polar surface area (TPSA) is 0 Å². The van der Waals surface area contributed by atoms with Crippen molar-refractivity contribution >= 4 is 22.6 Å². The number of alkyl halides is 1. The second-order valence-corrected chi connectivity index (χ2v) is 3.19. The molecule has 0 amide bonds. The molecule has 0 nitrogen and oxygen atoms in total. The molecule has 0 radical (unpaired) electrons. The van der Waals surface area contributed by atoms with Gasteiger partial charge in [-0.3, -0.25) is 0 Å². The van der Waals surface area contributed by atoms with Crippen LogP contribution in [0.2, 0.25) is 0 Å². The van der Waals surface area contributed by atoms with Crippen LogP contribution in [-0.2, 0) is 0 Å². The first-order valence-corrected chi connectivity index (χ1v) is 3.71. The summed E-state index contributed by atoms with van der Waals surface area (Å²) in [7, 11) is 0. The highest BCUT2D eigenvalue weighted by molar-refractivity contribution is 14.1. The highest BCUT2D eigenvalue weighted by atomic mass is 127. The molecule has 1 aliphatic carbocycles. The molecule has 1 unspecified atom stereocenters. The highest BCUT2D eigenvalue weighted by Gasteiger charge is 2.08. The number of allylic oxidation sites excluding steroid dienone is 4. The van der Waals surface area contributed by atoms with Crippen molar-refractivity contribution in [2.45, 2.75) is 10.3 Å². The van der Waals surface area contributed by atoms with Crippen molar-refractivity contribution < 1.29 is 4.39 Å². The van der Waals surface area contributed by atoms with E-state index in [1.165, 1.54) is 6.08 Å². The maximum atomic E-state index is 12.4. The van der Waals surface area contributed by atoms with Crippen molar-refractivity contribution in [3.8, 4) is 0 Å². The van der Waals surface area contributed by atoms with E-state index in [-0.39, 0.29) is 9.75 Å². The van der Waals surface area contributed by atoms with Gasteiger partial charge in [0.25, 0.3) is 0 Å². The molecule has 0 bridgehead atoms. The normalized spacial score (nSPS) is 27.8. The SMILES string of the molecule is FC1=CC=CCC1I. The van der Waals surface area contributed by atoms with Crippen molar-refractivity contribution in [1.29, 1.82) is 0 Å². The van der Waals surface area contributed by atoms with Crippen molar-refractivity contribution in [1.82, 2.24) is 0 Å². The fourth-order valence-corrected chi connectivity index (χ4v) is 1.08. The van der Waals surface area contributed by atoms with Crippen LogP contribution in [0.15, 0.2) is 24.1 Å². The fourth-order valence-electron chi connectivity index (χ4n) is 0.575. The number of rotatable bonds is 0. The Kier molecular flexibility index (Phi) is 2.05. The van der Waals surface area contributed by atoms with E-state index in [0.29, 0.717) is 0 Å². The zero-order chi connectivity index (χ0) is 5.98. The predicted molar refractivity (Wildman–Crippen MR) is 40.8 cm³/mol. The Bertz CT molecular complexity index is 137. The third-order valence-electron chi connectivity index (χ3n) is 1.03. The predicted octanol–water partition coefficient (Wildman–Crippen LogP) is 2.60. The van der Waals surface area contributed by atoms with E-state index < -0.39 is 0 Å². The van der Waals surface area contributed by atoms with Gasteiger partial charge in [-0.25, -0.2) is 4.39 Å². The van der Waals surface area contributed by atoms with Crippen LogP contribution in [0.1, 0.15) is 6.42 Å². The van der Waals surface area contributed by atoms with E-state index in [9.17, 15) is 4.39 Å². The average molecular weight is 224 g/mol. The van der Waals surface area contributed by atoms with Crippen LogP contribution in [0.25, 0.3) is 0 Å². The molecule has 0 aromatic rings. The van der Waals surface area contributed by atoms with Gasteiger partial charge >= 0.3 is 0 Å². The minimum Gasteiger partial charge on any atom is -0.211 e. The van der Waals surface area contributed by atoms with Gasteiger partial charge in [0.2, 0.25) is 0 Å². The van der Waals surface area contributed by atoms with E-state index in [0.717, 1.165) is 6.42 Å². The maximum Gasteiger partial charge on any atom is 0.113 e. The summed E-state index contributed by atoms with van der Waals surface area (Å²) in [6.45, 7) is 0. The van der Waals surface area contributed by atoms with Gasteiger partial charge < -0.3 is 0 Å². The van der Waals surface area contributed by atoms with E-state index in [2.05, 4.69) is 22.6 Å². The molecule has 44 valence electrons. The molecule has 0 heterocycles. The van der Waals surface area contributed by atoms with Gasteiger partial charge in [0, 0.05) is 0 Å². The van der Waals surface area contributed by atoms with Gasteiger partial charge in [0.1, 0.15) is 5.83 Å². The van der Waals surface area contributed by atoms with E-state index in [1.54, 1.807) is 6.08 Å². The summed E-state index contributed by atoms with van der Waals surface area (Å²) in [6, 6.07) is 0. The van der Waals surface area contributed by atoms with E-state index >= 15 is 0 Å². The number of hydrogen-bond acceptors (Lipinski definition) is 0. The first-order valence-electron chi connectivity index (χ1n) is 2.47. The lowest BCUT2D eigenvalue weighted by Gasteiger charge is -2.05. The smallest absolute Gasteiger partial charge is 0.113 e. The lowest BCUT2D eigenvalue weighted by atomic mass is 10.2. The Balaban J connectivity index is 2.66. The van der Waals surface area contributed by atoms with Crippen molar-refractivity contribution in [3.05, 3.63) is 24.1 Å². The molecule has 1 aliphatic rings. The molecule has 0 N–H and O–H groups in total. The lowest BCUT2D eigenvalue weighted by Crippen LogP contribution is -1.98. The Labute approximate surface area is 61.6 Å². The second-order valence-electron chi connectivity index (χ2n) is 1.68. The molecular formula is C6H6FI. The van der Waals surface area contributed by atoms with E-state index in [1.807, 2.05) is 6.08 Å². The Morgan fingerprint density at radius 1 is 1.75 bits per heavy atom. The first-order chi connectivity index (χ1) is 3.80. The van der Waals surface area contributed by atoms with Crippen LogP contribution >= 0.6 is 22.6 Å². The largest absolute Gasteiger partial charge is 0.211 e. The summed E-state index contributed by atoms with van der Waals surface area (Å²) < 4.78 is 12.5. The molecule has 8 heavy (non-hydrogen) atoms. The third-order valence-corrected chi connectivity index (χ3v) is 2.14. The summed E-state index contributed by atoms with van der Waals surface area (Å²) in [5, 5.41) is 0. The Morgan fingerprint density at radius 3 is 2.88 bits per heavy atom. The Morgan fingerprint density at radius 2 is 2.50 bits per heavy atom. The molecule has 0 saturated carbocycles. The Hall–Kier alpha value is 0.140. The zero-order valence-electron chi connectivity index (χ0n) is 4.27. The van der Waals surface area contributed by atoms with Gasteiger partial charge in [-0.15, -0.1) is 0 Å². The summed E-state index contributed by atoms with van der Waals surface area (Å²) in [4.78, 5) is 0. The van der Waals surface area contributed by atoms with Crippen molar-refractivity contribution in [2.75, 3.05) is 0 Å². The number of halogens is 2. The maximum absolute atomic E-state index is 12.4. The monoisotopic (exact) mass is 224 g/mol. The zero-order valence-corrected chi connectivity index (χ0v) is 6.43. The van der Waals surface area contributed by atoms with Gasteiger partial charge in [-0.05, 0) is 12.5 Å². The molecule has 0 fully saturated rings. The number of hydrogen-bond donors (Lipinski definition) is 0. The van der Waals surface area contributed by atoms with Gasteiger partial charge in [0.05, 0.1) is 3.92 Å². The van der Waals surface area contributed by atoms with Gasteiger partial charge in [0.15, 0.2) is 0 Å². The standard InChI is InChI=1S/C6H6FI/c7-5-3-1-2-4-6(5)8/h1-3,6H,4H2. The quantitative estimate of drug-likeness (QED) is 0.438. The summed E-state index contributed by atoms with van der Waals surface area (Å²) >= 11 is 2.09. The molecule has 0 aromatic carbocycles. The minimum absolute atomic E-state index is 0.00639. The van der Waals surface area contributed by atoms with E-state index in [4.69, 9.17) is 0 Å². The lowest BCUT2D eigenvalue weighted by molar-refractivity contribution is 0.603. The molecular weight excluding hydrogens is 218 g/mol. The summed E-state index contributed by atoms with van der Waals surface area (Å²) in [5.74, 6) is -0.00639. The van der Waals surface area contributed by atoms with Crippen LogP contribution in [0, 0.1) is 0 Å². The molecule has 0 aliphatic heterocycles. The van der Waals surface area contributed by atoms with Crippen LogP contribution in [0.5, 0.6) is 0 Å². The van der Waals surface area contributed by atoms with Crippen molar-refractivity contribution in [3.63, 3.8) is 0 Å². The van der Waals surface area contributed by atoms with Crippen LogP contribution in [0.3, 0.4) is 0 Å². The molecule has 1 atom stereocenters.